The highest BCUT2D eigenvalue weighted by molar-refractivity contribution is 5.95. The summed E-state index contributed by atoms with van der Waals surface area (Å²) >= 11 is 0. The van der Waals surface area contributed by atoms with Crippen LogP contribution in [0.2, 0.25) is 0 Å². The molecule has 0 unspecified atom stereocenters. The van der Waals surface area contributed by atoms with Crippen LogP contribution in [-0.4, -0.2) is 46.6 Å². The Balaban J connectivity index is 1.85. The molecule has 25 heavy (non-hydrogen) atoms. The van der Waals surface area contributed by atoms with E-state index in [1.54, 1.807) is 29.7 Å². The van der Waals surface area contributed by atoms with Gasteiger partial charge in [-0.05, 0) is 39.1 Å². The molecule has 1 heterocycles. The van der Waals surface area contributed by atoms with Gasteiger partial charge in [0.2, 0.25) is 11.8 Å². The van der Waals surface area contributed by atoms with Gasteiger partial charge >= 0.3 is 0 Å². The van der Waals surface area contributed by atoms with Gasteiger partial charge in [0.25, 0.3) is 0 Å². The van der Waals surface area contributed by atoms with Crippen LogP contribution in [0.25, 0.3) is 0 Å². The molecule has 1 aromatic carbocycles. The number of aryl methyl sites for hydroxylation is 2. The van der Waals surface area contributed by atoms with Gasteiger partial charge in [-0.15, -0.1) is 0 Å². The second kappa shape index (κ2) is 7.89. The van der Waals surface area contributed by atoms with Crippen molar-refractivity contribution in [3.63, 3.8) is 0 Å². The van der Waals surface area contributed by atoms with Gasteiger partial charge in [-0.25, -0.2) is 4.39 Å². The highest BCUT2D eigenvalue weighted by Gasteiger charge is 2.15. The molecule has 0 bridgehead atoms. The maximum atomic E-state index is 13.1. The topological polar surface area (TPSA) is 79.3 Å². The van der Waals surface area contributed by atoms with E-state index in [4.69, 9.17) is 0 Å². The predicted octanol–water partition coefficient (Wildman–Crippen LogP) is 1.69. The molecule has 0 saturated heterocycles. The summed E-state index contributed by atoms with van der Waals surface area (Å²) in [6.07, 6.45) is 0. The number of nitrogens with one attached hydrogen (secondary N) is 2. The normalized spacial score (nSPS) is 10.8. The number of aromatic nitrogens is 2. The van der Waals surface area contributed by atoms with Gasteiger partial charge in [0.15, 0.2) is 0 Å². The standard InChI is InChI=1S/C17H22FN5O2/c1-11-17(12(2)23(4)21-11)20-16(25)10-22(3)9-15(24)19-14-7-5-6-13(18)8-14/h5-8H,9-10H2,1-4H3,(H,19,24)(H,20,25). The third-order valence-corrected chi connectivity index (χ3v) is 3.71. The van der Waals surface area contributed by atoms with Crippen molar-refractivity contribution in [1.82, 2.24) is 14.7 Å². The Kier molecular flexibility index (Phi) is 5.87. The zero-order valence-corrected chi connectivity index (χ0v) is 14.8. The molecule has 1 aromatic heterocycles. The lowest BCUT2D eigenvalue weighted by Gasteiger charge is -2.16. The summed E-state index contributed by atoms with van der Waals surface area (Å²) in [5, 5.41) is 9.65. The fourth-order valence-electron chi connectivity index (χ4n) is 2.45. The Morgan fingerprint density at radius 3 is 2.40 bits per heavy atom. The molecule has 7 nitrogen and oxygen atoms in total. The number of carbonyl (C=O) groups is 2. The van der Waals surface area contributed by atoms with Crippen molar-refractivity contribution >= 4 is 23.2 Å². The number of benzene rings is 1. The maximum absolute atomic E-state index is 13.1. The van der Waals surface area contributed by atoms with Crippen molar-refractivity contribution in [3.8, 4) is 0 Å². The molecule has 0 saturated carbocycles. The minimum absolute atomic E-state index is 0.00887. The van der Waals surface area contributed by atoms with Crippen molar-refractivity contribution in [2.75, 3.05) is 30.8 Å². The second-order valence-corrected chi connectivity index (χ2v) is 5.95. The average molecular weight is 347 g/mol. The molecule has 134 valence electrons. The number of amides is 2. The van der Waals surface area contributed by atoms with Crippen molar-refractivity contribution < 1.29 is 14.0 Å². The molecule has 0 fully saturated rings. The summed E-state index contributed by atoms with van der Waals surface area (Å²) in [6.45, 7) is 3.74. The Hall–Kier alpha value is -2.74. The first-order chi connectivity index (χ1) is 11.8. The lowest BCUT2D eigenvalue weighted by molar-refractivity contribution is -0.119. The first kappa shape index (κ1) is 18.6. The largest absolute Gasteiger partial charge is 0.325 e. The minimum Gasteiger partial charge on any atom is -0.325 e. The van der Waals surface area contributed by atoms with Gasteiger partial charge in [0, 0.05) is 12.7 Å². The van der Waals surface area contributed by atoms with E-state index in [-0.39, 0.29) is 24.9 Å². The number of anilines is 2. The monoisotopic (exact) mass is 347 g/mol. The molecular weight excluding hydrogens is 325 g/mol. The molecule has 0 radical (unpaired) electrons. The van der Waals surface area contributed by atoms with E-state index in [0.717, 1.165) is 11.4 Å². The highest BCUT2D eigenvalue weighted by Crippen LogP contribution is 2.18. The number of likely N-dealkylation sites (N-methyl/N-ethyl adjacent to an activating group) is 1. The smallest absolute Gasteiger partial charge is 0.238 e. The van der Waals surface area contributed by atoms with Gasteiger partial charge in [0.1, 0.15) is 5.82 Å². The Morgan fingerprint density at radius 1 is 1.20 bits per heavy atom. The first-order valence-corrected chi connectivity index (χ1v) is 7.80. The summed E-state index contributed by atoms with van der Waals surface area (Å²) in [7, 11) is 3.47. The summed E-state index contributed by atoms with van der Waals surface area (Å²) in [4.78, 5) is 25.7. The Bertz CT molecular complexity index is 787. The minimum atomic E-state index is -0.423. The number of rotatable bonds is 6. The summed E-state index contributed by atoms with van der Waals surface area (Å²) in [6, 6.07) is 5.65. The van der Waals surface area contributed by atoms with E-state index < -0.39 is 5.82 Å². The van der Waals surface area contributed by atoms with Crippen LogP contribution in [0.1, 0.15) is 11.4 Å². The lowest BCUT2D eigenvalue weighted by atomic mass is 10.3. The fourth-order valence-corrected chi connectivity index (χ4v) is 2.45. The molecule has 2 amide bonds. The molecule has 0 aliphatic rings. The quantitative estimate of drug-likeness (QED) is 0.833. The summed E-state index contributed by atoms with van der Waals surface area (Å²) < 4.78 is 14.8. The second-order valence-electron chi connectivity index (χ2n) is 5.95. The van der Waals surface area contributed by atoms with Crippen molar-refractivity contribution in [2.45, 2.75) is 13.8 Å². The third-order valence-electron chi connectivity index (χ3n) is 3.71. The van der Waals surface area contributed by atoms with Crippen LogP contribution in [0, 0.1) is 19.7 Å². The van der Waals surface area contributed by atoms with E-state index in [2.05, 4.69) is 15.7 Å². The van der Waals surface area contributed by atoms with Gasteiger partial charge in [-0.3, -0.25) is 19.2 Å². The predicted molar refractivity (Wildman–Crippen MR) is 93.8 cm³/mol. The molecular formula is C17H22FN5O2. The van der Waals surface area contributed by atoms with Crippen LogP contribution in [0.4, 0.5) is 15.8 Å². The molecule has 0 aliphatic carbocycles. The Morgan fingerprint density at radius 2 is 1.84 bits per heavy atom. The van der Waals surface area contributed by atoms with Crippen molar-refractivity contribution in [3.05, 3.63) is 41.5 Å². The molecule has 2 aromatic rings. The number of hydrogen-bond acceptors (Lipinski definition) is 4. The third kappa shape index (κ3) is 5.12. The molecule has 8 heteroatoms. The maximum Gasteiger partial charge on any atom is 0.238 e. The van der Waals surface area contributed by atoms with E-state index in [9.17, 15) is 14.0 Å². The zero-order valence-electron chi connectivity index (χ0n) is 14.8. The number of nitrogens with zero attached hydrogens (tertiary/aromatic N) is 3. The van der Waals surface area contributed by atoms with Crippen molar-refractivity contribution in [2.24, 2.45) is 7.05 Å². The zero-order chi connectivity index (χ0) is 18.6. The average Bonchev–Trinajstić information content (AvgIpc) is 2.73. The first-order valence-electron chi connectivity index (χ1n) is 7.80. The van der Waals surface area contributed by atoms with Gasteiger partial charge in [-0.2, -0.15) is 5.10 Å². The van der Waals surface area contributed by atoms with Crippen molar-refractivity contribution in [1.29, 1.82) is 0 Å². The lowest BCUT2D eigenvalue weighted by Crippen LogP contribution is -2.36. The molecule has 0 aliphatic heterocycles. The summed E-state index contributed by atoms with van der Waals surface area (Å²) in [5.41, 5.74) is 2.66. The van der Waals surface area contributed by atoms with Crippen LogP contribution < -0.4 is 10.6 Å². The van der Waals surface area contributed by atoms with Gasteiger partial charge < -0.3 is 10.6 Å². The fraction of sp³-hybridized carbons (Fsp3) is 0.353. The van der Waals surface area contributed by atoms with Crippen LogP contribution in [-0.2, 0) is 16.6 Å². The van der Waals surface area contributed by atoms with Gasteiger partial charge in [0.05, 0.1) is 30.2 Å². The van der Waals surface area contributed by atoms with Crippen LogP contribution in [0.3, 0.4) is 0 Å². The summed E-state index contributed by atoms with van der Waals surface area (Å²) in [5.74, 6) is -0.984. The Labute approximate surface area is 145 Å². The SMILES string of the molecule is Cc1nn(C)c(C)c1NC(=O)CN(C)CC(=O)Nc1cccc(F)c1. The van der Waals surface area contributed by atoms with Gasteiger partial charge in [-0.1, -0.05) is 6.07 Å². The van der Waals surface area contributed by atoms with E-state index in [1.165, 1.54) is 18.2 Å². The molecule has 2 rings (SSSR count). The van der Waals surface area contributed by atoms with E-state index >= 15 is 0 Å². The van der Waals surface area contributed by atoms with E-state index in [1.807, 2.05) is 13.8 Å². The number of halogens is 1. The molecule has 2 N–H and O–H groups in total. The van der Waals surface area contributed by atoms with Crippen LogP contribution in [0.5, 0.6) is 0 Å². The molecule has 0 atom stereocenters. The van der Waals surface area contributed by atoms with Crippen LogP contribution >= 0.6 is 0 Å². The number of hydrogen-bond donors (Lipinski definition) is 2. The number of carbonyl (C=O) groups excluding carboxylic acids is 2. The molecule has 0 spiro atoms. The van der Waals surface area contributed by atoms with E-state index in [0.29, 0.717) is 11.4 Å². The highest BCUT2D eigenvalue weighted by atomic mass is 19.1. The van der Waals surface area contributed by atoms with Crippen LogP contribution in [0.15, 0.2) is 24.3 Å².